The lowest BCUT2D eigenvalue weighted by Gasteiger charge is -2.33. The number of aliphatic hydroxyl groups is 1. The first-order chi connectivity index (χ1) is 13.5. The maximum atomic E-state index is 12.7. The second-order valence-corrected chi connectivity index (χ2v) is 7.63. The van der Waals surface area contributed by atoms with Gasteiger partial charge in [-0.05, 0) is 44.7 Å². The van der Waals surface area contributed by atoms with E-state index in [1.807, 2.05) is 49.2 Å². The predicted octanol–water partition coefficient (Wildman–Crippen LogP) is 3.09. The van der Waals surface area contributed by atoms with E-state index in [4.69, 9.17) is 4.74 Å². The molecule has 1 N–H and O–H groups in total. The van der Waals surface area contributed by atoms with Gasteiger partial charge in [-0.2, -0.15) is 0 Å². The van der Waals surface area contributed by atoms with Gasteiger partial charge in [0.25, 0.3) is 0 Å². The summed E-state index contributed by atoms with van der Waals surface area (Å²) in [4.78, 5) is 19.3. The third-order valence-corrected chi connectivity index (χ3v) is 5.73. The fourth-order valence-corrected chi connectivity index (χ4v) is 4.12. The Hall–Kier alpha value is -2.34. The van der Waals surface area contributed by atoms with Gasteiger partial charge in [-0.1, -0.05) is 18.2 Å². The number of rotatable bonds is 7. The van der Waals surface area contributed by atoms with Crippen molar-refractivity contribution in [2.24, 2.45) is 0 Å². The summed E-state index contributed by atoms with van der Waals surface area (Å²) in [6.07, 6.45) is 4.90. The molecule has 1 aliphatic heterocycles. The molecule has 0 saturated carbocycles. The molecule has 0 bridgehead atoms. The maximum absolute atomic E-state index is 12.7. The molecule has 1 aromatic carbocycles. The van der Waals surface area contributed by atoms with E-state index in [0.29, 0.717) is 18.8 Å². The van der Waals surface area contributed by atoms with Crippen molar-refractivity contribution in [2.45, 2.75) is 51.5 Å². The van der Waals surface area contributed by atoms with Crippen LogP contribution in [0.25, 0.3) is 0 Å². The number of ether oxygens (including phenoxy) is 1. The van der Waals surface area contributed by atoms with Gasteiger partial charge >= 0.3 is 0 Å². The van der Waals surface area contributed by atoms with Crippen molar-refractivity contribution in [2.75, 3.05) is 26.8 Å². The normalized spacial score (nSPS) is 16.2. The molecule has 6 heteroatoms. The first-order valence-corrected chi connectivity index (χ1v) is 10.1. The van der Waals surface area contributed by atoms with Crippen molar-refractivity contribution in [3.63, 3.8) is 0 Å². The lowest BCUT2D eigenvalue weighted by molar-refractivity contribution is -0.132. The molecule has 0 spiro atoms. The lowest BCUT2D eigenvalue weighted by Crippen LogP contribution is -2.38. The summed E-state index contributed by atoms with van der Waals surface area (Å²) < 4.78 is 7.52. The number of methoxy groups -OCH3 is 1. The minimum atomic E-state index is 0.0259. The number of hydrogen-bond donors (Lipinski definition) is 1. The van der Waals surface area contributed by atoms with E-state index >= 15 is 0 Å². The minimum Gasteiger partial charge on any atom is -0.496 e. The number of nitrogens with zero attached hydrogens (tertiary/aromatic N) is 3. The van der Waals surface area contributed by atoms with Crippen molar-refractivity contribution in [3.8, 4) is 5.75 Å². The van der Waals surface area contributed by atoms with Gasteiger partial charge in [0, 0.05) is 37.3 Å². The van der Waals surface area contributed by atoms with Crippen LogP contribution in [0, 0.1) is 6.92 Å². The fourth-order valence-electron chi connectivity index (χ4n) is 4.12. The van der Waals surface area contributed by atoms with Crippen LogP contribution in [-0.2, 0) is 11.2 Å². The van der Waals surface area contributed by atoms with Gasteiger partial charge in [0.1, 0.15) is 11.6 Å². The summed E-state index contributed by atoms with van der Waals surface area (Å²) >= 11 is 0. The van der Waals surface area contributed by atoms with E-state index in [1.165, 1.54) is 0 Å². The van der Waals surface area contributed by atoms with E-state index in [0.717, 1.165) is 48.8 Å². The molecule has 0 radical (unpaired) electrons. The Morgan fingerprint density at radius 3 is 2.71 bits per heavy atom. The molecule has 3 rings (SSSR count). The number of likely N-dealkylation sites (tertiary alicyclic amines) is 1. The Labute approximate surface area is 167 Å². The van der Waals surface area contributed by atoms with E-state index in [9.17, 15) is 9.90 Å². The third kappa shape index (κ3) is 4.38. The van der Waals surface area contributed by atoms with Crippen molar-refractivity contribution in [1.29, 1.82) is 0 Å². The molecule has 1 saturated heterocycles. The van der Waals surface area contributed by atoms with Crippen molar-refractivity contribution in [3.05, 3.63) is 47.5 Å². The van der Waals surface area contributed by atoms with E-state index < -0.39 is 0 Å². The average Bonchev–Trinajstić information content (AvgIpc) is 3.13. The van der Waals surface area contributed by atoms with Gasteiger partial charge in [0.05, 0.1) is 19.8 Å². The number of benzene rings is 1. The number of para-hydroxylation sites is 1. The second-order valence-electron chi connectivity index (χ2n) is 7.63. The summed E-state index contributed by atoms with van der Waals surface area (Å²) in [5, 5.41) is 9.55. The highest BCUT2D eigenvalue weighted by atomic mass is 16.5. The number of carbonyl (C=O) groups is 1. The number of aliphatic hydroxyl groups excluding tert-OH is 1. The molecule has 1 aliphatic rings. The number of aryl methyl sites for hydroxylation is 2. The molecule has 152 valence electrons. The number of hydrogen-bond acceptors (Lipinski definition) is 4. The van der Waals surface area contributed by atoms with Gasteiger partial charge in [-0.15, -0.1) is 0 Å². The fraction of sp³-hybridized carbons (Fsp3) is 0.545. The van der Waals surface area contributed by atoms with Crippen molar-refractivity contribution in [1.82, 2.24) is 14.5 Å². The van der Waals surface area contributed by atoms with Crippen LogP contribution in [0.3, 0.4) is 0 Å². The van der Waals surface area contributed by atoms with Crippen LogP contribution in [0.2, 0.25) is 0 Å². The standard InChI is InChI=1S/C22H31N3O3/c1-16-14-23-22(25(16)17(2)15-26)19-10-12-24(13-11-19)21(27)9-8-18-6-4-5-7-20(18)28-3/h4-7,14,17,19,26H,8-13,15H2,1-3H3/t17-/m1/s1. The van der Waals surface area contributed by atoms with Crippen LogP contribution < -0.4 is 4.74 Å². The molecule has 1 aromatic heterocycles. The van der Waals surface area contributed by atoms with Crippen molar-refractivity contribution >= 4 is 5.91 Å². The SMILES string of the molecule is COc1ccccc1CCC(=O)N1CCC(c2ncc(C)n2[C@H](C)CO)CC1. The molecule has 2 aromatic rings. The quantitative estimate of drug-likeness (QED) is 0.795. The zero-order valence-electron chi connectivity index (χ0n) is 17.1. The second kappa shape index (κ2) is 9.24. The number of imidazole rings is 1. The molecule has 1 amide bonds. The first-order valence-electron chi connectivity index (χ1n) is 10.1. The van der Waals surface area contributed by atoms with Gasteiger partial charge in [0.15, 0.2) is 0 Å². The predicted molar refractivity (Wildman–Crippen MR) is 109 cm³/mol. The Kier molecular flexibility index (Phi) is 6.73. The van der Waals surface area contributed by atoms with Crippen LogP contribution in [0.15, 0.2) is 30.5 Å². The van der Waals surface area contributed by atoms with Crippen LogP contribution >= 0.6 is 0 Å². The molecule has 1 atom stereocenters. The number of piperidine rings is 1. The topological polar surface area (TPSA) is 67.6 Å². The summed E-state index contributed by atoms with van der Waals surface area (Å²) in [6.45, 7) is 5.65. The van der Waals surface area contributed by atoms with Crippen LogP contribution in [0.4, 0.5) is 0 Å². The largest absolute Gasteiger partial charge is 0.496 e. The molecule has 2 heterocycles. The smallest absolute Gasteiger partial charge is 0.222 e. The summed E-state index contributed by atoms with van der Waals surface area (Å²) in [7, 11) is 1.66. The highest BCUT2D eigenvalue weighted by Gasteiger charge is 2.28. The number of aromatic nitrogens is 2. The van der Waals surface area contributed by atoms with Gasteiger partial charge in [-0.25, -0.2) is 4.98 Å². The molecule has 1 fully saturated rings. The molecular formula is C22H31N3O3. The van der Waals surface area contributed by atoms with E-state index in [2.05, 4.69) is 9.55 Å². The molecular weight excluding hydrogens is 354 g/mol. The van der Waals surface area contributed by atoms with Crippen molar-refractivity contribution < 1.29 is 14.6 Å². The Morgan fingerprint density at radius 2 is 2.04 bits per heavy atom. The number of carbonyl (C=O) groups excluding carboxylic acids is 1. The Bertz CT molecular complexity index is 794. The summed E-state index contributed by atoms with van der Waals surface area (Å²) in [5.41, 5.74) is 2.15. The van der Waals surface area contributed by atoms with E-state index in [-0.39, 0.29) is 18.6 Å². The molecule has 0 unspecified atom stereocenters. The van der Waals surface area contributed by atoms with Gasteiger partial charge in [-0.3, -0.25) is 4.79 Å². The monoisotopic (exact) mass is 385 g/mol. The van der Waals surface area contributed by atoms with Crippen LogP contribution in [-0.4, -0.2) is 52.3 Å². The molecule has 0 aliphatic carbocycles. The lowest BCUT2D eigenvalue weighted by atomic mass is 9.95. The third-order valence-electron chi connectivity index (χ3n) is 5.73. The Morgan fingerprint density at radius 1 is 1.32 bits per heavy atom. The van der Waals surface area contributed by atoms with Crippen LogP contribution in [0.1, 0.15) is 55.2 Å². The maximum Gasteiger partial charge on any atom is 0.222 e. The summed E-state index contributed by atoms with van der Waals surface area (Å²) in [5.74, 6) is 2.42. The highest BCUT2D eigenvalue weighted by Crippen LogP contribution is 2.30. The van der Waals surface area contributed by atoms with Gasteiger partial charge < -0.3 is 19.3 Å². The molecule has 28 heavy (non-hydrogen) atoms. The summed E-state index contributed by atoms with van der Waals surface area (Å²) in [6, 6.07) is 7.90. The minimum absolute atomic E-state index is 0.0259. The number of amides is 1. The highest BCUT2D eigenvalue weighted by molar-refractivity contribution is 5.76. The van der Waals surface area contributed by atoms with E-state index in [1.54, 1.807) is 7.11 Å². The Balaban J connectivity index is 1.56. The zero-order chi connectivity index (χ0) is 20.1. The van der Waals surface area contributed by atoms with Crippen LogP contribution in [0.5, 0.6) is 5.75 Å². The molecule has 6 nitrogen and oxygen atoms in total. The van der Waals surface area contributed by atoms with Gasteiger partial charge in [0.2, 0.25) is 5.91 Å². The average molecular weight is 386 g/mol. The zero-order valence-corrected chi connectivity index (χ0v) is 17.1. The first kappa shape index (κ1) is 20.4.